The number of hydrogen-bond donors (Lipinski definition) is 1. The Morgan fingerprint density at radius 2 is 1.95 bits per heavy atom. The highest BCUT2D eigenvalue weighted by Crippen LogP contribution is 2.27. The summed E-state index contributed by atoms with van der Waals surface area (Å²) in [6.45, 7) is -1.39. The van der Waals surface area contributed by atoms with Gasteiger partial charge in [0.05, 0.1) is 11.9 Å². The Morgan fingerprint density at radius 3 is 2.55 bits per heavy atom. The fourth-order valence-corrected chi connectivity index (χ4v) is 1.57. The van der Waals surface area contributed by atoms with Gasteiger partial charge < -0.3 is 5.32 Å². The molecule has 0 aliphatic carbocycles. The first kappa shape index (κ1) is 15.9. The number of aromatic nitrogens is 3. The van der Waals surface area contributed by atoms with Crippen molar-refractivity contribution in [2.24, 2.45) is 0 Å². The van der Waals surface area contributed by atoms with Crippen LogP contribution >= 0.6 is 0 Å². The quantitative estimate of drug-likeness (QED) is 0.881. The minimum Gasteiger partial charge on any atom is -0.318 e. The molecule has 118 valence electrons. The summed E-state index contributed by atoms with van der Waals surface area (Å²) < 4.78 is 64.6. The smallest absolute Gasteiger partial charge is 0.318 e. The third kappa shape index (κ3) is 3.77. The monoisotopic (exact) mass is 320 g/mol. The van der Waals surface area contributed by atoms with E-state index >= 15 is 0 Å². The van der Waals surface area contributed by atoms with Crippen molar-refractivity contribution in [1.29, 1.82) is 0 Å². The van der Waals surface area contributed by atoms with E-state index in [1.165, 1.54) is 12.1 Å². The first-order valence-electron chi connectivity index (χ1n) is 5.88. The highest BCUT2D eigenvalue weighted by atomic mass is 19.4. The number of rotatable bonds is 4. The zero-order valence-electron chi connectivity index (χ0n) is 10.8. The maximum absolute atomic E-state index is 13.8. The lowest BCUT2D eigenvalue weighted by molar-refractivity contribution is -0.142. The van der Waals surface area contributed by atoms with Crippen molar-refractivity contribution in [2.45, 2.75) is 18.6 Å². The molecule has 2 heterocycles. The van der Waals surface area contributed by atoms with Gasteiger partial charge >= 0.3 is 18.0 Å². The number of hydrogen-bond acceptors (Lipinski definition) is 3. The number of pyridine rings is 1. The number of halogens is 5. The van der Waals surface area contributed by atoms with E-state index in [1.807, 2.05) is 5.32 Å². The fourth-order valence-electron chi connectivity index (χ4n) is 1.57. The number of anilines is 1. The summed E-state index contributed by atoms with van der Waals surface area (Å²) in [6, 6.07) is 3.65. The molecule has 0 saturated heterocycles. The summed E-state index contributed by atoms with van der Waals surface area (Å²) >= 11 is 0. The number of nitrogens with one attached hydrogen (secondary N) is 1. The molecule has 2 aromatic rings. The molecule has 22 heavy (non-hydrogen) atoms. The topological polar surface area (TPSA) is 59.8 Å². The van der Waals surface area contributed by atoms with Crippen LogP contribution in [0.25, 0.3) is 0 Å². The molecule has 5 nitrogen and oxygen atoms in total. The van der Waals surface area contributed by atoms with Gasteiger partial charge in [0, 0.05) is 12.4 Å². The summed E-state index contributed by atoms with van der Waals surface area (Å²) in [5.74, 6) is -5.63. The van der Waals surface area contributed by atoms with Gasteiger partial charge in [-0.1, -0.05) is 6.07 Å². The molecule has 1 N–H and O–H groups in total. The van der Waals surface area contributed by atoms with Crippen molar-refractivity contribution in [3.05, 3.63) is 42.5 Å². The Hall–Kier alpha value is -2.52. The first-order valence-corrected chi connectivity index (χ1v) is 5.88. The third-order valence-corrected chi connectivity index (χ3v) is 2.50. The van der Waals surface area contributed by atoms with E-state index in [0.29, 0.717) is 4.68 Å². The van der Waals surface area contributed by atoms with Gasteiger partial charge in [-0.25, -0.2) is 0 Å². The van der Waals surface area contributed by atoms with Gasteiger partial charge in [0.15, 0.2) is 0 Å². The van der Waals surface area contributed by atoms with Crippen LogP contribution in [0.15, 0.2) is 36.8 Å². The van der Waals surface area contributed by atoms with E-state index in [-0.39, 0.29) is 5.69 Å². The Morgan fingerprint density at radius 1 is 1.23 bits per heavy atom. The van der Waals surface area contributed by atoms with Gasteiger partial charge in [-0.05, 0) is 12.1 Å². The average molecular weight is 320 g/mol. The molecule has 0 aliphatic heterocycles. The number of carbonyl (C=O) groups is 1. The second-order valence-corrected chi connectivity index (χ2v) is 4.29. The molecule has 0 radical (unpaired) electrons. The maximum atomic E-state index is 13.8. The zero-order valence-corrected chi connectivity index (χ0v) is 10.8. The lowest BCUT2D eigenvalue weighted by Gasteiger charge is -2.14. The Kier molecular flexibility index (Phi) is 4.11. The molecule has 0 bridgehead atoms. The highest BCUT2D eigenvalue weighted by molar-refractivity contribution is 5.96. The van der Waals surface area contributed by atoms with Crippen molar-refractivity contribution in [2.75, 3.05) is 5.32 Å². The van der Waals surface area contributed by atoms with Crippen LogP contribution in [0.3, 0.4) is 0 Å². The molecule has 0 spiro atoms. The van der Waals surface area contributed by atoms with Gasteiger partial charge in [0.25, 0.3) is 0 Å². The van der Waals surface area contributed by atoms with Crippen molar-refractivity contribution >= 4 is 11.6 Å². The highest BCUT2D eigenvalue weighted by Gasteiger charge is 2.42. The number of alkyl halides is 5. The van der Waals surface area contributed by atoms with E-state index in [1.54, 1.807) is 0 Å². The maximum Gasteiger partial charge on any atom is 0.408 e. The molecule has 2 rings (SSSR count). The molecular formula is C12H9F5N4O. The molecule has 0 fully saturated rings. The summed E-state index contributed by atoms with van der Waals surface area (Å²) in [6.07, 6.45) is -1.76. The largest absolute Gasteiger partial charge is 0.408 e. The molecule has 2 aromatic heterocycles. The fraction of sp³-hybridized carbons (Fsp3) is 0.250. The van der Waals surface area contributed by atoms with Crippen molar-refractivity contribution < 1.29 is 26.7 Å². The molecule has 10 heteroatoms. The summed E-state index contributed by atoms with van der Waals surface area (Å²) in [5.41, 5.74) is -1.04. The van der Waals surface area contributed by atoms with Crippen LogP contribution in [0.4, 0.5) is 27.6 Å². The Labute approximate surface area is 120 Å². The molecule has 1 amide bonds. The number of amides is 1. The van der Waals surface area contributed by atoms with Crippen LogP contribution in [0.1, 0.15) is 5.69 Å². The molecule has 0 saturated carbocycles. The van der Waals surface area contributed by atoms with Crippen LogP contribution in [0, 0.1) is 0 Å². The van der Waals surface area contributed by atoms with E-state index in [2.05, 4.69) is 10.1 Å². The van der Waals surface area contributed by atoms with Gasteiger partial charge in [0.2, 0.25) is 0 Å². The van der Waals surface area contributed by atoms with Crippen LogP contribution in [-0.2, 0) is 17.3 Å². The minimum absolute atomic E-state index is 0.273. The van der Waals surface area contributed by atoms with Crippen molar-refractivity contribution in [1.82, 2.24) is 14.8 Å². The second-order valence-electron chi connectivity index (χ2n) is 4.29. The van der Waals surface area contributed by atoms with E-state index < -0.39 is 30.2 Å². The van der Waals surface area contributed by atoms with Gasteiger partial charge in [-0.15, -0.1) is 0 Å². The predicted molar refractivity (Wildman–Crippen MR) is 65.0 cm³/mol. The Bertz CT molecular complexity index is 653. The van der Waals surface area contributed by atoms with E-state index in [4.69, 9.17) is 0 Å². The van der Waals surface area contributed by atoms with Gasteiger partial charge in [0.1, 0.15) is 12.2 Å². The van der Waals surface area contributed by atoms with Crippen molar-refractivity contribution in [3.8, 4) is 0 Å². The van der Waals surface area contributed by atoms with Crippen molar-refractivity contribution in [3.63, 3.8) is 0 Å². The van der Waals surface area contributed by atoms with E-state index in [9.17, 15) is 26.7 Å². The van der Waals surface area contributed by atoms with Gasteiger partial charge in [-0.2, -0.15) is 27.1 Å². The van der Waals surface area contributed by atoms with E-state index in [0.717, 1.165) is 24.7 Å². The first-order chi connectivity index (χ1) is 10.2. The predicted octanol–water partition coefficient (Wildman–Crippen LogP) is 2.57. The SMILES string of the molecule is O=C(Nc1cnn(CC(F)(F)F)c1)C(F)(F)c1ccccn1. The third-order valence-electron chi connectivity index (χ3n) is 2.50. The van der Waals surface area contributed by atoms with Crippen LogP contribution in [0.2, 0.25) is 0 Å². The molecule has 0 aliphatic rings. The zero-order chi connectivity index (χ0) is 16.4. The molecule has 0 atom stereocenters. The number of nitrogens with zero attached hydrogens (tertiary/aromatic N) is 3. The summed E-state index contributed by atoms with van der Waals surface area (Å²) in [4.78, 5) is 15.0. The summed E-state index contributed by atoms with van der Waals surface area (Å²) in [7, 11) is 0. The molecule has 0 unspecified atom stereocenters. The van der Waals surface area contributed by atoms with Crippen LogP contribution < -0.4 is 5.32 Å². The average Bonchev–Trinajstić information content (AvgIpc) is 2.84. The van der Waals surface area contributed by atoms with Crippen LogP contribution in [0.5, 0.6) is 0 Å². The minimum atomic E-state index is -4.51. The van der Waals surface area contributed by atoms with Gasteiger partial charge in [-0.3, -0.25) is 14.5 Å². The standard InChI is InChI=1S/C12H9F5N4O/c13-11(14,15)7-21-6-8(5-19-21)20-10(22)12(16,17)9-3-1-2-4-18-9/h1-6H,7H2,(H,20,22). The summed E-state index contributed by atoms with van der Waals surface area (Å²) in [5, 5.41) is 5.14. The lowest BCUT2D eigenvalue weighted by Crippen LogP contribution is -2.32. The second kappa shape index (κ2) is 5.70. The number of carbonyl (C=O) groups excluding carboxylic acids is 1. The van der Waals surface area contributed by atoms with Crippen LogP contribution in [-0.4, -0.2) is 26.8 Å². The lowest BCUT2D eigenvalue weighted by atomic mass is 10.2. The molecular weight excluding hydrogens is 311 g/mol. The Balaban J connectivity index is 2.09. The normalized spacial score (nSPS) is 12.2. The molecule has 0 aromatic carbocycles.